The molecule has 0 spiro atoms. The molecule has 0 aliphatic carbocycles. The van der Waals surface area contributed by atoms with Crippen molar-refractivity contribution in [1.29, 1.82) is 0 Å². The summed E-state index contributed by atoms with van der Waals surface area (Å²) in [5, 5.41) is 7.15. The van der Waals surface area contributed by atoms with E-state index in [1.807, 2.05) is 39.0 Å². The second kappa shape index (κ2) is 7.39. The number of nitrogens with zero attached hydrogens (tertiary/aromatic N) is 2. The van der Waals surface area contributed by atoms with Crippen LogP contribution in [0.3, 0.4) is 0 Å². The number of carbonyl (C=O) groups excluding carboxylic acids is 1. The van der Waals surface area contributed by atoms with Crippen molar-refractivity contribution in [3.05, 3.63) is 71.2 Å². The molecule has 2 aromatic carbocycles. The van der Waals surface area contributed by atoms with E-state index in [0.717, 1.165) is 16.8 Å². The van der Waals surface area contributed by atoms with Crippen LogP contribution in [0.15, 0.2) is 48.5 Å². The number of aryl methyl sites for hydroxylation is 3. The van der Waals surface area contributed by atoms with E-state index in [1.54, 1.807) is 22.9 Å². The highest BCUT2D eigenvalue weighted by molar-refractivity contribution is 5.91. The van der Waals surface area contributed by atoms with Gasteiger partial charge in [-0.1, -0.05) is 18.2 Å². The van der Waals surface area contributed by atoms with Gasteiger partial charge in [0.15, 0.2) is 6.61 Å². The van der Waals surface area contributed by atoms with Crippen molar-refractivity contribution < 1.29 is 13.9 Å². The van der Waals surface area contributed by atoms with Gasteiger partial charge in [0.25, 0.3) is 5.91 Å². The first-order valence-corrected chi connectivity index (χ1v) is 8.25. The molecule has 0 unspecified atom stereocenters. The van der Waals surface area contributed by atoms with Gasteiger partial charge < -0.3 is 10.1 Å². The molecule has 0 fully saturated rings. The summed E-state index contributed by atoms with van der Waals surface area (Å²) >= 11 is 0. The van der Waals surface area contributed by atoms with Gasteiger partial charge in [-0.15, -0.1) is 0 Å². The average molecular weight is 353 g/mol. The smallest absolute Gasteiger partial charge is 0.263 e. The van der Waals surface area contributed by atoms with Gasteiger partial charge in [-0.05, 0) is 56.2 Å². The third-order valence-electron chi connectivity index (χ3n) is 3.93. The molecule has 0 atom stereocenters. The van der Waals surface area contributed by atoms with Crippen LogP contribution in [0.25, 0.3) is 5.69 Å². The predicted molar refractivity (Wildman–Crippen MR) is 98.3 cm³/mol. The van der Waals surface area contributed by atoms with Crippen molar-refractivity contribution in [3.8, 4) is 11.4 Å². The van der Waals surface area contributed by atoms with E-state index in [2.05, 4.69) is 10.4 Å². The Bertz CT molecular complexity index is 912. The van der Waals surface area contributed by atoms with E-state index in [0.29, 0.717) is 17.3 Å². The van der Waals surface area contributed by atoms with Crippen LogP contribution in [0, 0.1) is 26.6 Å². The quantitative estimate of drug-likeness (QED) is 0.755. The molecular formula is C20H20FN3O2. The third kappa shape index (κ3) is 3.91. The SMILES string of the molecule is Cc1cc(NC(=O)COc2c(C)cccc2C)n(-c2ccc(F)cc2)n1. The lowest BCUT2D eigenvalue weighted by Gasteiger charge is -2.12. The zero-order valence-corrected chi connectivity index (χ0v) is 14.9. The van der Waals surface area contributed by atoms with Gasteiger partial charge in [0, 0.05) is 6.07 Å². The molecule has 0 aliphatic heterocycles. The minimum Gasteiger partial charge on any atom is -0.483 e. The maximum absolute atomic E-state index is 13.1. The van der Waals surface area contributed by atoms with Crippen LogP contribution in [-0.4, -0.2) is 22.3 Å². The Morgan fingerprint density at radius 2 is 1.77 bits per heavy atom. The number of para-hydroxylation sites is 1. The van der Waals surface area contributed by atoms with Crippen molar-refractivity contribution >= 4 is 11.7 Å². The summed E-state index contributed by atoms with van der Waals surface area (Å²) in [7, 11) is 0. The topological polar surface area (TPSA) is 56.1 Å². The van der Waals surface area contributed by atoms with Crippen molar-refractivity contribution in [2.45, 2.75) is 20.8 Å². The Kier molecular flexibility index (Phi) is 5.02. The van der Waals surface area contributed by atoms with E-state index < -0.39 is 0 Å². The van der Waals surface area contributed by atoms with Gasteiger partial charge in [0.1, 0.15) is 17.4 Å². The monoisotopic (exact) mass is 353 g/mol. The summed E-state index contributed by atoms with van der Waals surface area (Å²) in [5.74, 6) is 0.594. The Labute approximate surface area is 151 Å². The summed E-state index contributed by atoms with van der Waals surface area (Å²) in [5.41, 5.74) is 3.35. The molecule has 0 radical (unpaired) electrons. The second-order valence-electron chi connectivity index (χ2n) is 6.12. The number of ether oxygens (including phenoxy) is 1. The maximum atomic E-state index is 13.1. The molecule has 0 bridgehead atoms. The van der Waals surface area contributed by atoms with Gasteiger partial charge in [0.2, 0.25) is 0 Å². The number of halogens is 1. The second-order valence-corrected chi connectivity index (χ2v) is 6.12. The summed E-state index contributed by atoms with van der Waals surface area (Å²) < 4.78 is 20.4. The number of aromatic nitrogens is 2. The molecule has 5 nitrogen and oxygen atoms in total. The van der Waals surface area contributed by atoms with Crippen molar-refractivity contribution in [3.63, 3.8) is 0 Å². The normalized spacial score (nSPS) is 10.6. The minimum atomic E-state index is -0.329. The molecule has 3 rings (SSSR count). The molecule has 0 aliphatic rings. The highest BCUT2D eigenvalue weighted by atomic mass is 19.1. The van der Waals surface area contributed by atoms with Gasteiger partial charge in [-0.2, -0.15) is 5.10 Å². The summed E-state index contributed by atoms with van der Waals surface area (Å²) in [6.45, 7) is 5.59. The fourth-order valence-electron chi connectivity index (χ4n) is 2.71. The zero-order valence-electron chi connectivity index (χ0n) is 14.9. The number of benzene rings is 2. The van der Waals surface area contributed by atoms with Crippen LogP contribution in [0.1, 0.15) is 16.8 Å². The van der Waals surface area contributed by atoms with Crippen LogP contribution in [0.4, 0.5) is 10.2 Å². The fraction of sp³-hybridized carbons (Fsp3) is 0.200. The molecule has 1 amide bonds. The van der Waals surface area contributed by atoms with E-state index in [1.165, 1.54) is 12.1 Å². The van der Waals surface area contributed by atoms with Crippen LogP contribution >= 0.6 is 0 Å². The number of rotatable bonds is 5. The van der Waals surface area contributed by atoms with Gasteiger partial charge in [0.05, 0.1) is 11.4 Å². The van der Waals surface area contributed by atoms with Crippen LogP contribution < -0.4 is 10.1 Å². The number of hydrogen-bond donors (Lipinski definition) is 1. The van der Waals surface area contributed by atoms with Crippen molar-refractivity contribution in [2.24, 2.45) is 0 Å². The standard InChI is InChI=1S/C20H20FN3O2/c1-13-5-4-6-14(2)20(13)26-12-19(25)22-18-11-15(3)23-24(18)17-9-7-16(21)8-10-17/h4-11H,12H2,1-3H3,(H,22,25). The molecule has 3 aromatic rings. The van der Waals surface area contributed by atoms with Gasteiger partial charge in [-0.25, -0.2) is 9.07 Å². The number of nitrogens with one attached hydrogen (secondary N) is 1. The summed E-state index contributed by atoms with van der Waals surface area (Å²) in [6, 6.07) is 13.5. The molecule has 1 N–H and O–H groups in total. The lowest BCUT2D eigenvalue weighted by Crippen LogP contribution is -2.22. The largest absolute Gasteiger partial charge is 0.483 e. The lowest BCUT2D eigenvalue weighted by atomic mass is 10.1. The molecule has 0 saturated carbocycles. The molecule has 26 heavy (non-hydrogen) atoms. The number of hydrogen-bond acceptors (Lipinski definition) is 3. The Morgan fingerprint density at radius 3 is 2.42 bits per heavy atom. The van der Waals surface area contributed by atoms with Crippen molar-refractivity contribution in [1.82, 2.24) is 9.78 Å². The molecule has 1 aromatic heterocycles. The Morgan fingerprint density at radius 1 is 1.12 bits per heavy atom. The first kappa shape index (κ1) is 17.7. The number of carbonyl (C=O) groups is 1. The van der Waals surface area contributed by atoms with E-state index >= 15 is 0 Å². The number of anilines is 1. The van der Waals surface area contributed by atoms with Gasteiger partial charge >= 0.3 is 0 Å². The van der Waals surface area contributed by atoms with E-state index in [4.69, 9.17) is 4.74 Å². The van der Waals surface area contributed by atoms with E-state index in [-0.39, 0.29) is 18.3 Å². The third-order valence-corrected chi connectivity index (χ3v) is 3.93. The molecule has 6 heteroatoms. The lowest BCUT2D eigenvalue weighted by molar-refractivity contribution is -0.118. The molecular weight excluding hydrogens is 333 g/mol. The van der Waals surface area contributed by atoms with Crippen LogP contribution in [-0.2, 0) is 4.79 Å². The van der Waals surface area contributed by atoms with Crippen LogP contribution in [0.2, 0.25) is 0 Å². The van der Waals surface area contributed by atoms with E-state index in [9.17, 15) is 9.18 Å². The first-order chi connectivity index (χ1) is 12.4. The highest BCUT2D eigenvalue weighted by Crippen LogP contribution is 2.22. The average Bonchev–Trinajstić information content (AvgIpc) is 2.95. The highest BCUT2D eigenvalue weighted by Gasteiger charge is 2.13. The minimum absolute atomic E-state index is 0.112. The molecule has 134 valence electrons. The van der Waals surface area contributed by atoms with Gasteiger partial charge in [-0.3, -0.25) is 4.79 Å². The first-order valence-electron chi connectivity index (χ1n) is 8.25. The maximum Gasteiger partial charge on any atom is 0.263 e. The predicted octanol–water partition coefficient (Wildman–Crippen LogP) is 3.95. The summed E-state index contributed by atoms with van der Waals surface area (Å²) in [6.07, 6.45) is 0. The Hall–Kier alpha value is -3.15. The van der Waals surface area contributed by atoms with Crippen molar-refractivity contribution in [2.75, 3.05) is 11.9 Å². The Balaban J connectivity index is 1.73. The molecule has 1 heterocycles. The number of amides is 1. The summed E-state index contributed by atoms with van der Waals surface area (Å²) in [4.78, 5) is 12.3. The van der Waals surface area contributed by atoms with Crippen LogP contribution in [0.5, 0.6) is 5.75 Å². The fourth-order valence-corrected chi connectivity index (χ4v) is 2.71. The molecule has 0 saturated heterocycles. The zero-order chi connectivity index (χ0) is 18.7.